The van der Waals surface area contributed by atoms with Crippen LogP contribution in [0.3, 0.4) is 0 Å². The van der Waals surface area contributed by atoms with E-state index in [1.807, 2.05) is 4.90 Å². The van der Waals surface area contributed by atoms with Crippen molar-refractivity contribution < 1.29 is 14.3 Å². The van der Waals surface area contributed by atoms with Crippen molar-refractivity contribution in [2.24, 2.45) is 5.92 Å². The Bertz CT molecular complexity index is 358. The number of hydrogen-bond acceptors (Lipinski definition) is 4. The molecule has 3 rings (SSSR count). The molecular formula is C15H26N2O3. The summed E-state index contributed by atoms with van der Waals surface area (Å²) in [5, 5.41) is 0. The zero-order chi connectivity index (χ0) is 14.2. The average Bonchev–Trinajstić information content (AvgIpc) is 3.25. The lowest BCUT2D eigenvalue weighted by Gasteiger charge is -2.34. The Hall–Kier alpha value is -0.810. The molecule has 2 saturated carbocycles. The molecule has 0 bridgehead atoms. The van der Waals surface area contributed by atoms with Gasteiger partial charge < -0.3 is 14.4 Å². The summed E-state index contributed by atoms with van der Waals surface area (Å²) in [6.45, 7) is 9.50. The lowest BCUT2D eigenvalue weighted by molar-refractivity contribution is 0.0472. The van der Waals surface area contributed by atoms with Gasteiger partial charge in [-0.2, -0.15) is 0 Å². The highest BCUT2D eigenvalue weighted by Crippen LogP contribution is 2.69. The van der Waals surface area contributed by atoms with Crippen molar-refractivity contribution >= 4 is 6.09 Å². The molecule has 2 aliphatic carbocycles. The second kappa shape index (κ2) is 5.53. The van der Waals surface area contributed by atoms with Crippen molar-refractivity contribution in [3.63, 3.8) is 0 Å². The SMILES string of the molecule is CC(C)OCCCN1CCN(C(=O)OC23CC2C3)CC1. The number of piperazine rings is 1. The number of amides is 1. The van der Waals surface area contributed by atoms with Crippen molar-refractivity contribution in [2.75, 3.05) is 39.3 Å². The molecule has 0 aromatic carbocycles. The van der Waals surface area contributed by atoms with Gasteiger partial charge in [-0.25, -0.2) is 4.79 Å². The van der Waals surface area contributed by atoms with Gasteiger partial charge in [0, 0.05) is 45.2 Å². The van der Waals surface area contributed by atoms with E-state index in [2.05, 4.69) is 18.7 Å². The van der Waals surface area contributed by atoms with E-state index in [9.17, 15) is 4.79 Å². The molecule has 1 amide bonds. The van der Waals surface area contributed by atoms with Crippen molar-refractivity contribution in [1.29, 1.82) is 0 Å². The molecule has 0 N–H and O–H groups in total. The van der Waals surface area contributed by atoms with E-state index in [1.165, 1.54) is 0 Å². The van der Waals surface area contributed by atoms with E-state index < -0.39 is 0 Å². The Labute approximate surface area is 121 Å². The molecule has 0 radical (unpaired) electrons. The Morgan fingerprint density at radius 2 is 1.90 bits per heavy atom. The molecule has 3 aliphatic rings. The predicted octanol–water partition coefficient (Wildman–Crippen LogP) is 1.72. The average molecular weight is 282 g/mol. The minimum Gasteiger partial charge on any atom is -0.442 e. The van der Waals surface area contributed by atoms with Crippen LogP contribution in [0.5, 0.6) is 0 Å². The molecule has 1 saturated heterocycles. The third-order valence-corrected chi connectivity index (χ3v) is 4.60. The summed E-state index contributed by atoms with van der Waals surface area (Å²) in [4.78, 5) is 16.3. The van der Waals surface area contributed by atoms with E-state index in [-0.39, 0.29) is 11.7 Å². The molecule has 0 unspecified atom stereocenters. The monoisotopic (exact) mass is 282 g/mol. The second-order valence-electron chi connectivity index (χ2n) is 6.64. The number of rotatable bonds is 6. The molecule has 0 aromatic heterocycles. The van der Waals surface area contributed by atoms with Gasteiger partial charge in [-0.1, -0.05) is 0 Å². The van der Waals surface area contributed by atoms with Crippen LogP contribution >= 0.6 is 0 Å². The Morgan fingerprint density at radius 3 is 2.45 bits per heavy atom. The van der Waals surface area contributed by atoms with Crippen molar-refractivity contribution in [1.82, 2.24) is 9.80 Å². The van der Waals surface area contributed by atoms with E-state index in [0.29, 0.717) is 12.0 Å². The first-order valence-corrected chi connectivity index (χ1v) is 7.91. The van der Waals surface area contributed by atoms with Gasteiger partial charge in [-0.05, 0) is 33.1 Å². The number of carbonyl (C=O) groups is 1. The predicted molar refractivity (Wildman–Crippen MR) is 75.7 cm³/mol. The maximum atomic E-state index is 12.0. The smallest absolute Gasteiger partial charge is 0.410 e. The molecule has 1 aliphatic heterocycles. The van der Waals surface area contributed by atoms with Crippen LogP contribution in [0.2, 0.25) is 0 Å². The number of hydrogen-bond donors (Lipinski definition) is 0. The molecule has 0 atom stereocenters. The summed E-state index contributed by atoms with van der Waals surface area (Å²) in [7, 11) is 0. The van der Waals surface area contributed by atoms with Gasteiger partial charge in [0.05, 0.1) is 6.10 Å². The van der Waals surface area contributed by atoms with Gasteiger partial charge in [-0.15, -0.1) is 0 Å². The lowest BCUT2D eigenvalue weighted by Crippen LogP contribution is -2.49. The number of nitrogens with zero attached hydrogens (tertiary/aromatic N) is 2. The van der Waals surface area contributed by atoms with Crippen LogP contribution in [-0.2, 0) is 9.47 Å². The van der Waals surface area contributed by atoms with Gasteiger partial charge in [0.15, 0.2) is 0 Å². The molecule has 5 nitrogen and oxygen atoms in total. The highest BCUT2D eigenvalue weighted by molar-refractivity contribution is 5.69. The fourth-order valence-corrected chi connectivity index (χ4v) is 2.82. The largest absolute Gasteiger partial charge is 0.442 e. The van der Waals surface area contributed by atoms with Gasteiger partial charge in [-0.3, -0.25) is 4.90 Å². The first-order chi connectivity index (χ1) is 9.59. The van der Waals surface area contributed by atoms with Gasteiger partial charge in [0.1, 0.15) is 5.60 Å². The second-order valence-corrected chi connectivity index (χ2v) is 6.64. The van der Waals surface area contributed by atoms with Crippen LogP contribution in [-0.4, -0.2) is 66.9 Å². The summed E-state index contributed by atoms with van der Waals surface area (Å²) < 4.78 is 11.1. The zero-order valence-electron chi connectivity index (χ0n) is 12.6. The lowest BCUT2D eigenvalue weighted by atomic mass is 10.3. The van der Waals surface area contributed by atoms with Crippen LogP contribution in [0, 0.1) is 5.92 Å². The number of ether oxygens (including phenoxy) is 2. The van der Waals surface area contributed by atoms with E-state index in [4.69, 9.17) is 9.47 Å². The van der Waals surface area contributed by atoms with E-state index >= 15 is 0 Å². The van der Waals surface area contributed by atoms with Crippen LogP contribution in [0.4, 0.5) is 4.79 Å². The summed E-state index contributed by atoms with van der Waals surface area (Å²) in [5.41, 5.74) is 0.00238. The van der Waals surface area contributed by atoms with Crippen LogP contribution in [0.25, 0.3) is 0 Å². The third-order valence-electron chi connectivity index (χ3n) is 4.60. The van der Waals surface area contributed by atoms with Crippen molar-refractivity contribution in [2.45, 2.75) is 44.8 Å². The summed E-state index contributed by atoms with van der Waals surface area (Å²) >= 11 is 0. The molecular weight excluding hydrogens is 256 g/mol. The maximum absolute atomic E-state index is 12.0. The van der Waals surface area contributed by atoms with E-state index in [0.717, 1.165) is 58.6 Å². The fraction of sp³-hybridized carbons (Fsp3) is 0.933. The molecule has 0 spiro atoms. The topological polar surface area (TPSA) is 42.0 Å². The first kappa shape index (κ1) is 14.1. The Kier molecular flexibility index (Phi) is 3.91. The normalized spacial score (nSPS) is 32.1. The molecule has 114 valence electrons. The quantitative estimate of drug-likeness (QED) is 0.696. The molecule has 0 aromatic rings. The molecule has 1 heterocycles. The van der Waals surface area contributed by atoms with Crippen molar-refractivity contribution in [3.8, 4) is 0 Å². The summed E-state index contributed by atoms with van der Waals surface area (Å²) in [5.74, 6) is 0.702. The van der Waals surface area contributed by atoms with Gasteiger partial charge >= 0.3 is 6.09 Å². The fourth-order valence-electron chi connectivity index (χ4n) is 2.82. The summed E-state index contributed by atoms with van der Waals surface area (Å²) in [6, 6.07) is 0. The molecule has 3 fully saturated rings. The standard InChI is InChI=1S/C15H26N2O3/c1-12(2)19-9-3-4-16-5-7-17(8-6-16)14(18)20-15-10-13(15)11-15/h12-13H,3-11H2,1-2H3. The third kappa shape index (κ3) is 3.26. The number of carbonyl (C=O) groups excluding carboxylic acids is 1. The van der Waals surface area contributed by atoms with Gasteiger partial charge in [0.25, 0.3) is 0 Å². The minimum atomic E-state index is -0.0900. The van der Waals surface area contributed by atoms with Crippen LogP contribution in [0.15, 0.2) is 0 Å². The van der Waals surface area contributed by atoms with Crippen molar-refractivity contribution in [3.05, 3.63) is 0 Å². The van der Waals surface area contributed by atoms with Crippen LogP contribution < -0.4 is 0 Å². The minimum absolute atomic E-state index is 0.00238. The van der Waals surface area contributed by atoms with Crippen LogP contribution in [0.1, 0.15) is 33.1 Å². The zero-order valence-corrected chi connectivity index (χ0v) is 12.6. The Balaban J connectivity index is 1.29. The molecule has 20 heavy (non-hydrogen) atoms. The maximum Gasteiger partial charge on any atom is 0.410 e. The Morgan fingerprint density at radius 1 is 1.25 bits per heavy atom. The van der Waals surface area contributed by atoms with E-state index in [1.54, 1.807) is 0 Å². The summed E-state index contributed by atoms with van der Waals surface area (Å²) in [6.07, 6.45) is 3.50. The highest BCUT2D eigenvalue weighted by Gasteiger charge is 2.74. The highest BCUT2D eigenvalue weighted by atomic mass is 16.6. The molecule has 5 heteroatoms. The first-order valence-electron chi connectivity index (χ1n) is 7.91. The van der Waals surface area contributed by atoms with Gasteiger partial charge in [0.2, 0.25) is 0 Å². The number of fused-ring (bicyclic) bond motifs is 1.